The Balaban J connectivity index is 1.35. The van der Waals surface area contributed by atoms with Gasteiger partial charge in [-0.3, -0.25) is 4.98 Å². The summed E-state index contributed by atoms with van der Waals surface area (Å²) in [7, 11) is 1.57. The lowest BCUT2D eigenvalue weighted by atomic mass is 10.1. The first-order valence-corrected chi connectivity index (χ1v) is 11.2. The van der Waals surface area contributed by atoms with E-state index in [1.807, 2.05) is 0 Å². The third-order valence-electron chi connectivity index (χ3n) is 5.20. The minimum Gasteiger partial charge on any atom is -0.497 e. The number of urea groups is 1. The first-order valence-electron chi connectivity index (χ1n) is 10.4. The van der Waals surface area contributed by atoms with Crippen LogP contribution in [-0.4, -0.2) is 42.2 Å². The lowest BCUT2D eigenvalue weighted by molar-refractivity contribution is 0.246. The Morgan fingerprint density at radius 2 is 1.94 bits per heavy atom. The van der Waals surface area contributed by atoms with Crippen LogP contribution in [0.4, 0.5) is 16.3 Å². The molecule has 0 spiro atoms. The molecule has 3 aromatic rings. The number of nitrogens with zero attached hydrogens (tertiary/aromatic N) is 3. The average molecular weight is 488 g/mol. The van der Waals surface area contributed by atoms with Crippen LogP contribution in [-0.2, 0) is 0 Å². The van der Waals surface area contributed by atoms with Crippen molar-refractivity contribution < 1.29 is 14.3 Å². The minimum atomic E-state index is -0.246. The Morgan fingerprint density at radius 3 is 2.64 bits per heavy atom. The van der Waals surface area contributed by atoms with Crippen LogP contribution in [0.25, 0.3) is 0 Å². The normalized spacial score (nSPS) is 14.0. The highest BCUT2D eigenvalue weighted by molar-refractivity contribution is 6.33. The maximum atomic E-state index is 12.2. The van der Waals surface area contributed by atoms with Crippen molar-refractivity contribution in [3.05, 3.63) is 64.9 Å². The summed E-state index contributed by atoms with van der Waals surface area (Å²) in [6.45, 7) is 1.38. The predicted octanol–water partition coefficient (Wildman–Crippen LogP) is 5.37. The number of hydrogen-bond acceptors (Lipinski definition) is 6. The number of amides is 2. The molecular formula is C23H23Cl2N5O3. The summed E-state index contributed by atoms with van der Waals surface area (Å²) in [5.74, 6) is 2.14. The number of carbonyl (C=O) groups is 1. The van der Waals surface area contributed by atoms with E-state index in [1.165, 1.54) is 0 Å². The maximum absolute atomic E-state index is 12.2. The van der Waals surface area contributed by atoms with Crippen molar-refractivity contribution in [1.82, 2.24) is 15.3 Å². The van der Waals surface area contributed by atoms with Crippen molar-refractivity contribution in [2.45, 2.75) is 18.9 Å². The van der Waals surface area contributed by atoms with Crippen molar-refractivity contribution in [2.24, 2.45) is 0 Å². The number of aromatic nitrogens is 2. The maximum Gasteiger partial charge on any atom is 0.319 e. The molecule has 10 heteroatoms. The fourth-order valence-electron chi connectivity index (χ4n) is 3.52. The number of anilines is 2. The second-order valence-corrected chi connectivity index (χ2v) is 8.27. The molecule has 0 aliphatic carbocycles. The lowest BCUT2D eigenvalue weighted by Gasteiger charge is -2.33. The van der Waals surface area contributed by atoms with E-state index in [0.29, 0.717) is 52.0 Å². The quantitative estimate of drug-likeness (QED) is 0.485. The third kappa shape index (κ3) is 5.97. The van der Waals surface area contributed by atoms with E-state index < -0.39 is 0 Å². The smallest absolute Gasteiger partial charge is 0.319 e. The highest BCUT2D eigenvalue weighted by Crippen LogP contribution is 2.34. The van der Waals surface area contributed by atoms with Crippen LogP contribution in [0, 0.1) is 0 Å². The van der Waals surface area contributed by atoms with Crippen molar-refractivity contribution in [1.29, 1.82) is 0 Å². The van der Waals surface area contributed by atoms with Gasteiger partial charge in [-0.05, 0) is 43.2 Å². The van der Waals surface area contributed by atoms with E-state index in [0.717, 1.165) is 12.8 Å². The van der Waals surface area contributed by atoms with E-state index in [2.05, 4.69) is 25.5 Å². The Morgan fingerprint density at radius 1 is 1.12 bits per heavy atom. The van der Waals surface area contributed by atoms with Gasteiger partial charge in [0.15, 0.2) is 5.82 Å². The number of carbonyl (C=O) groups excluding carboxylic acids is 1. The molecule has 1 aliphatic rings. The van der Waals surface area contributed by atoms with E-state index in [4.69, 9.17) is 32.7 Å². The summed E-state index contributed by atoms with van der Waals surface area (Å²) < 4.78 is 11.0. The molecular weight excluding hydrogens is 465 g/mol. The number of halogens is 2. The summed E-state index contributed by atoms with van der Waals surface area (Å²) in [4.78, 5) is 22.9. The third-order valence-corrected chi connectivity index (χ3v) is 5.80. The summed E-state index contributed by atoms with van der Waals surface area (Å²) >= 11 is 12.7. The number of pyridine rings is 2. The predicted molar refractivity (Wildman–Crippen MR) is 129 cm³/mol. The monoisotopic (exact) mass is 487 g/mol. The van der Waals surface area contributed by atoms with E-state index >= 15 is 0 Å². The molecule has 3 heterocycles. The van der Waals surface area contributed by atoms with Gasteiger partial charge in [0.25, 0.3) is 0 Å². The van der Waals surface area contributed by atoms with Crippen molar-refractivity contribution in [2.75, 3.05) is 30.4 Å². The van der Waals surface area contributed by atoms with Crippen LogP contribution in [0.1, 0.15) is 12.8 Å². The SMILES string of the molecule is COc1ccc(Oc2ccc(Cl)c(N3CCC(NC(=O)Nc4cccnc4)CC3)n2)c(Cl)c1. The highest BCUT2D eigenvalue weighted by Gasteiger charge is 2.23. The topological polar surface area (TPSA) is 88.6 Å². The average Bonchev–Trinajstić information content (AvgIpc) is 2.82. The Labute approximate surface area is 201 Å². The van der Waals surface area contributed by atoms with Crippen LogP contribution in [0.15, 0.2) is 54.9 Å². The van der Waals surface area contributed by atoms with E-state index in [-0.39, 0.29) is 12.1 Å². The number of benzene rings is 1. The van der Waals surface area contributed by atoms with Crippen molar-refractivity contribution in [3.8, 4) is 17.4 Å². The molecule has 0 atom stereocenters. The first kappa shape index (κ1) is 22.9. The molecule has 2 aromatic heterocycles. The molecule has 0 radical (unpaired) electrons. The molecule has 8 nitrogen and oxygen atoms in total. The summed E-state index contributed by atoms with van der Waals surface area (Å²) in [5, 5.41) is 6.75. The zero-order valence-corrected chi connectivity index (χ0v) is 19.4. The number of hydrogen-bond donors (Lipinski definition) is 2. The minimum absolute atomic E-state index is 0.0502. The molecule has 2 amide bonds. The molecule has 1 aromatic carbocycles. The van der Waals surface area contributed by atoms with Gasteiger partial charge in [-0.25, -0.2) is 4.79 Å². The van der Waals surface area contributed by atoms with Crippen LogP contribution >= 0.6 is 23.2 Å². The van der Waals surface area contributed by atoms with Gasteiger partial charge < -0.3 is 25.0 Å². The molecule has 0 unspecified atom stereocenters. The van der Waals surface area contributed by atoms with Crippen LogP contribution < -0.4 is 25.0 Å². The largest absolute Gasteiger partial charge is 0.497 e. The van der Waals surface area contributed by atoms with Crippen molar-refractivity contribution >= 4 is 40.7 Å². The Hall–Kier alpha value is -3.23. The lowest BCUT2D eigenvalue weighted by Crippen LogP contribution is -2.46. The standard InChI is InChI=1S/C23H23Cl2N5O3/c1-32-17-4-6-20(19(25)13-17)33-21-7-5-18(24)22(29-21)30-11-8-15(9-12-30)27-23(31)28-16-3-2-10-26-14-16/h2-7,10,13-15H,8-9,11-12H2,1H3,(H2,27,28,31). The van der Waals surface area contributed by atoms with Gasteiger partial charge in [0.1, 0.15) is 11.5 Å². The number of ether oxygens (including phenoxy) is 2. The fraction of sp³-hybridized carbons (Fsp3) is 0.261. The van der Waals surface area contributed by atoms with Crippen LogP contribution in [0.5, 0.6) is 17.4 Å². The zero-order chi connectivity index (χ0) is 23.2. The molecule has 2 N–H and O–H groups in total. The first-order chi connectivity index (χ1) is 16.0. The van der Waals surface area contributed by atoms with Gasteiger partial charge in [0.2, 0.25) is 5.88 Å². The number of nitrogens with one attached hydrogen (secondary N) is 2. The highest BCUT2D eigenvalue weighted by atomic mass is 35.5. The van der Waals surface area contributed by atoms with Gasteiger partial charge in [-0.15, -0.1) is 0 Å². The van der Waals surface area contributed by atoms with Crippen molar-refractivity contribution in [3.63, 3.8) is 0 Å². The molecule has 172 valence electrons. The molecule has 4 rings (SSSR count). The number of methoxy groups -OCH3 is 1. The zero-order valence-electron chi connectivity index (χ0n) is 17.9. The molecule has 0 bridgehead atoms. The Bertz CT molecular complexity index is 1110. The fourth-order valence-corrected chi connectivity index (χ4v) is 3.96. The van der Waals surface area contributed by atoms with Gasteiger partial charge >= 0.3 is 6.03 Å². The Kier molecular flexibility index (Phi) is 7.36. The molecule has 33 heavy (non-hydrogen) atoms. The van der Waals surface area contributed by atoms with Crippen LogP contribution in [0.3, 0.4) is 0 Å². The molecule has 1 aliphatic heterocycles. The van der Waals surface area contributed by atoms with E-state index in [1.54, 1.807) is 62.0 Å². The molecule has 0 saturated carbocycles. The van der Waals surface area contributed by atoms with Gasteiger partial charge in [0, 0.05) is 37.5 Å². The van der Waals surface area contributed by atoms with E-state index in [9.17, 15) is 4.79 Å². The second-order valence-electron chi connectivity index (χ2n) is 7.45. The van der Waals surface area contributed by atoms with Gasteiger partial charge in [0.05, 0.1) is 29.0 Å². The summed E-state index contributed by atoms with van der Waals surface area (Å²) in [5.41, 5.74) is 0.650. The molecule has 1 fully saturated rings. The summed E-state index contributed by atoms with van der Waals surface area (Å²) in [6, 6.07) is 12.0. The summed E-state index contributed by atoms with van der Waals surface area (Å²) in [6.07, 6.45) is 4.77. The molecule has 1 saturated heterocycles. The number of piperidine rings is 1. The van der Waals surface area contributed by atoms with Gasteiger partial charge in [-0.1, -0.05) is 23.2 Å². The van der Waals surface area contributed by atoms with Gasteiger partial charge in [-0.2, -0.15) is 4.98 Å². The second kappa shape index (κ2) is 10.6. The van der Waals surface area contributed by atoms with Crippen LogP contribution in [0.2, 0.25) is 10.0 Å². The number of rotatable bonds is 6.